The molecule has 3 N–H and O–H groups in total. The fraction of sp³-hybridized carbons (Fsp3) is 0.176. The molecular weight excluding hydrogens is 264 g/mol. The van der Waals surface area contributed by atoms with Gasteiger partial charge in [-0.1, -0.05) is 12.1 Å². The Bertz CT molecular complexity index is 763. The molecule has 4 nitrogen and oxygen atoms in total. The number of ketones is 1. The van der Waals surface area contributed by atoms with Crippen LogP contribution in [0.25, 0.3) is 0 Å². The zero-order valence-electron chi connectivity index (χ0n) is 11.9. The third-order valence-electron chi connectivity index (χ3n) is 3.98. The maximum Gasteiger partial charge on any atom is 0.234 e. The molecule has 1 aliphatic heterocycles. The highest BCUT2D eigenvalue weighted by Crippen LogP contribution is 2.38. The van der Waals surface area contributed by atoms with Crippen LogP contribution >= 0.6 is 0 Å². The smallest absolute Gasteiger partial charge is 0.234 e. The lowest BCUT2D eigenvalue weighted by Gasteiger charge is -2.15. The molecule has 0 radical (unpaired) electrons. The van der Waals surface area contributed by atoms with Crippen molar-refractivity contribution in [3.05, 3.63) is 59.2 Å². The zero-order valence-corrected chi connectivity index (χ0v) is 11.9. The number of para-hydroxylation sites is 1. The van der Waals surface area contributed by atoms with E-state index in [0.717, 1.165) is 11.3 Å². The molecule has 1 amide bonds. The van der Waals surface area contributed by atoms with E-state index in [2.05, 4.69) is 5.32 Å². The molecule has 0 unspecified atom stereocenters. The SMILES string of the molecule is CC1(C)C(=O)Nc2ccc(C(=O)c3ccccc3N)cc21. The van der Waals surface area contributed by atoms with E-state index in [1.807, 2.05) is 13.8 Å². The lowest BCUT2D eigenvalue weighted by Crippen LogP contribution is -2.27. The Kier molecular flexibility index (Phi) is 2.83. The maximum absolute atomic E-state index is 12.6. The molecule has 0 saturated heterocycles. The second-order valence-electron chi connectivity index (χ2n) is 5.76. The van der Waals surface area contributed by atoms with Gasteiger partial charge >= 0.3 is 0 Å². The average Bonchev–Trinajstić information content (AvgIpc) is 2.69. The topological polar surface area (TPSA) is 72.2 Å². The summed E-state index contributed by atoms with van der Waals surface area (Å²) in [7, 11) is 0. The van der Waals surface area contributed by atoms with Crippen LogP contribution in [0.4, 0.5) is 11.4 Å². The highest BCUT2D eigenvalue weighted by atomic mass is 16.2. The third-order valence-corrected chi connectivity index (χ3v) is 3.98. The Labute approximate surface area is 123 Å². The maximum atomic E-state index is 12.6. The van der Waals surface area contributed by atoms with Crippen molar-refractivity contribution < 1.29 is 9.59 Å². The molecule has 106 valence electrons. The van der Waals surface area contributed by atoms with Crippen molar-refractivity contribution in [3.8, 4) is 0 Å². The van der Waals surface area contributed by atoms with Gasteiger partial charge in [0.1, 0.15) is 0 Å². The number of anilines is 2. The molecule has 1 heterocycles. The van der Waals surface area contributed by atoms with Gasteiger partial charge in [0.05, 0.1) is 5.41 Å². The summed E-state index contributed by atoms with van der Waals surface area (Å²) in [5.41, 5.74) is 8.31. The first-order valence-electron chi connectivity index (χ1n) is 6.76. The first kappa shape index (κ1) is 13.4. The predicted molar refractivity (Wildman–Crippen MR) is 82.4 cm³/mol. The molecule has 0 aromatic heterocycles. The average molecular weight is 280 g/mol. The summed E-state index contributed by atoms with van der Waals surface area (Å²) >= 11 is 0. The minimum absolute atomic E-state index is 0.0543. The Morgan fingerprint density at radius 3 is 2.57 bits per heavy atom. The minimum Gasteiger partial charge on any atom is -0.398 e. The van der Waals surface area contributed by atoms with Crippen LogP contribution in [-0.4, -0.2) is 11.7 Å². The summed E-state index contributed by atoms with van der Waals surface area (Å²) in [6, 6.07) is 12.3. The molecule has 3 rings (SSSR count). The molecule has 0 spiro atoms. The van der Waals surface area contributed by atoms with Crippen molar-refractivity contribution in [3.63, 3.8) is 0 Å². The molecule has 1 aliphatic rings. The van der Waals surface area contributed by atoms with E-state index in [4.69, 9.17) is 5.73 Å². The van der Waals surface area contributed by atoms with Crippen molar-refractivity contribution in [2.75, 3.05) is 11.1 Å². The van der Waals surface area contributed by atoms with Crippen LogP contribution in [0, 0.1) is 0 Å². The van der Waals surface area contributed by atoms with Crippen LogP contribution in [0.3, 0.4) is 0 Å². The van der Waals surface area contributed by atoms with Gasteiger partial charge in [-0.05, 0) is 49.7 Å². The van der Waals surface area contributed by atoms with Gasteiger partial charge in [-0.3, -0.25) is 9.59 Å². The van der Waals surface area contributed by atoms with Crippen molar-refractivity contribution in [2.24, 2.45) is 0 Å². The van der Waals surface area contributed by atoms with E-state index in [-0.39, 0.29) is 11.7 Å². The van der Waals surface area contributed by atoms with Gasteiger partial charge < -0.3 is 11.1 Å². The van der Waals surface area contributed by atoms with Gasteiger partial charge in [-0.25, -0.2) is 0 Å². The van der Waals surface area contributed by atoms with Gasteiger partial charge in [0.15, 0.2) is 5.78 Å². The molecule has 0 aliphatic carbocycles. The molecule has 21 heavy (non-hydrogen) atoms. The summed E-state index contributed by atoms with van der Waals surface area (Å²) < 4.78 is 0. The number of nitrogen functional groups attached to an aromatic ring is 1. The Hall–Kier alpha value is -2.62. The molecule has 4 heteroatoms. The Morgan fingerprint density at radius 2 is 1.86 bits per heavy atom. The monoisotopic (exact) mass is 280 g/mol. The first-order chi connectivity index (χ1) is 9.91. The molecule has 0 saturated carbocycles. The van der Waals surface area contributed by atoms with E-state index >= 15 is 0 Å². The molecule has 0 atom stereocenters. The number of carbonyl (C=O) groups excluding carboxylic acids is 2. The van der Waals surface area contributed by atoms with Crippen LogP contribution in [-0.2, 0) is 10.2 Å². The normalized spacial score (nSPS) is 15.4. The summed E-state index contributed by atoms with van der Waals surface area (Å²) in [6.45, 7) is 3.69. The van der Waals surface area contributed by atoms with Crippen LogP contribution in [0.15, 0.2) is 42.5 Å². The van der Waals surface area contributed by atoms with Crippen LogP contribution in [0.2, 0.25) is 0 Å². The van der Waals surface area contributed by atoms with Gasteiger partial charge in [0.2, 0.25) is 5.91 Å². The minimum atomic E-state index is -0.631. The lowest BCUT2D eigenvalue weighted by atomic mass is 9.84. The quantitative estimate of drug-likeness (QED) is 0.656. The predicted octanol–water partition coefficient (Wildman–Crippen LogP) is 2.73. The van der Waals surface area contributed by atoms with Gasteiger partial charge in [0.25, 0.3) is 0 Å². The lowest BCUT2D eigenvalue weighted by molar-refractivity contribution is -0.119. The number of fused-ring (bicyclic) bond motifs is 1. The number of hydrogen-bond donors (Lipinski definition) is 2. The fourth-order valence-corrected chi connectivity index (χ4v) is 2.57. The number of carbonyl (C=O) groups is 2. The van der Waals surface area contributed by atoms with Crippen molar-refractivity contribution >= 4 is 23.1 Å². The van der Waals surface area contributed by atoms with E-state index < -0.39 is 5.41 Å². The second kappa shape index (κ2) is 4.45. The summed E-state index contributed by atoms with van der Waals surface area (Å²) in [5.74, 6) is -0.188. The molecule has 0 fully saturated rings. The largest absolute Gasteiger partial charge is 0.398 e. The van der Waals surface area contributed by atoms with Crippen molar-refractivity contribution in [2.45, 2.75) is 19.3 Å². The summed E-state index contributed by atoms with van der Waals surface area (Å²) in [5, 5.41) is 2.83. The number of nitrogens with one attached hydrogen (secondary N) is 1. The number of nitrogens with two attached hydrogens (primary N) is 1. The number of rotatable bonds is 2. The highest BCUT2D eigenvalue weighted by molar-refractivity contribution is 6.13. The fourth-order valence-electron chi connectivity index (χ4n) is 2.57. The Morgan fingerprint density at radius 1 is 1.14 bits per heavy atom. The molecule has 2 aromatic carbocycles. The first-order valence-corrected chi connectivity index (χ1v) is 6.76. The van der Waals surface area contributed by atoms with Gasteiger partial charge in [-0.15, -0.1) is 0 Å². The van der Waals surface area contributed by atoms with E-state index in [9.17, 15) is 9.59 Å². The molecule has 0 bridgehead atoms. The number of hydrogen-bond acceptors (Lipinski definition) is 3. The van der Waals surface area contributed by atoms with E-state index in [1.54, 1.807) is 42.5 Å². The third kappa shape index (κ3) is 2.00. The van der Waals surface area contributed by atoms with E-state index in [0.29, 0.717) is 16.8 Å². The molecule has 2 aromatic rings. The summed E-state index contributed by atoms with van der Waals surface area (Å²) in [6.07, 6.45) is 0. The van der Waals surface area contributed by atoms with Crippen LogP contribution in [0.1, 0.15) is 35.3 Å². The standard InChI is InChI=1S/C17H16N2O2/c1-17(2)12-9-10(7-8-14(12)19-16(17)21)15(20)11-5-3-4-6-13(11)18/h3-9H,18H2,1-2H3,(H,19,21). The van der Waals surface area contributed by atoms with Crippen LogP contribution in [0.5, 0.6) is 0 Å². The highest BCUT2D eigenvalue weighted by Gasteiger charge is 2.38. The van der Waals surface area contributed by atoms with Crippen molar-refractivity contribution in [1.29, 1.82) is 0 Å². The zero-order chi connectivity index (χ0) is 15.2. The number of amides is 1. The van der Waals surface area contributed by atoms with E-state index in [1.165, 1.54) is 0 Å². The summed E-state index contributed by atoms with van der Waals surface area (Å²) in [4.78, 5) is 24.5. The van der Waals surface area contributed by atoms with Gasteiger partial charge in [0, 0.05) is 22.5 Å². The number of benzene rings is 2. The molecular formula is C17H16N2O2. The van der Waals surface area contributed by atoms with Crippen molar-refractivity contribution in [1.82, 2.24) is 0 Å². The van der Waals surface area contributed by atoms with Gasteiger partial charge in [-0.2, -0.15) is 0 Å². The second-order valence-corrected chi connectivity index (χ2v) is 5.76. The Balaban J connectivity index is 2.07. The van der Waals surface area contributed by atoms with Crippen LogP contribution < -0.4 is 11.1 Å².